The average Bonchev–Trinajstić information content (AvgIpc) is 2.80. The lowest BCUT2D eigenvalue weighted by atomic mass is 10.1. The van der Waals surface area contributed by atoms with Gasteiger partial charge < -0.3 is 5.73 Å². The van der Waals surface area contributed by atoms with Crippen LogP contribution < -0.4 is 11.3 Å². The van der Waals surface area contributed by atoms with Crippen molar-refractivity contribution in [3.8, 4) is 0 Å². The van der Waals surface area contributed by atoms with E-state index >= 15 is 0 Å². The fourth-order valence-electron chi connectivity index (χ4n) is 2.20. The van der Waals surface area contributed by atoms with Crippen LogP contribution in [0, 0.1) is 0 Å². The van der Waals surface area contributed by atoms with E-state index in [-0.39, 0.29) is 5.56 Å². The van der Waals surface area contributed by atoms with Crippen molar-refractivity contribution in [3.63, 3.8) is 0 Å². The van der Waals surface area contributed by atoms with Crippen LogP contribution in [-0.4, -0.2) is 14.3 Å². The lowest BCUT2D eigenvalue weighted by Crippen LogP contribution is -2.24. The Kier molecular flexibility index (Phi) is 2.59. The van der Waals surface area contributed by atoms with E-state index in [1.165, 1.54) is 0 Å². The molecular formula is C14H14N4O. The summed E-state index contributed by atoms with van der Waals surface area (Å²) in [6.45, 7) is 0.423. The Morgan fingerprint density at radius 3 is 2.79 bits per heavy atom. The van der Waals surface area contributed by atoms with Gasteiger partial charge in [-0.05, 0) is 23.6 Å². The van der Waals surface area contributed by atoms with Crippen molar-refractivity contribution < 1.29 is 0 Å². The minimum absolute atomic E-state index is 0.0724. The highest BCUT2D eigenvalue weighted by atomic mass is 16.1. The van der Waals surface area contributed by atoms with Gasteiger partial charge in [0.1, 0.15) is 5.82 Å². The van der Waals surface area contributed by atoms with Gasteiger partial charge in [0, 0.05) is 18.6 Å². The van der Waals surface area contributed by atoms with Crippen LogP contribution in [0.5, 0.6) is 0 Å². The van der Waals surface area contributed by atoms with Gasteiger partial charge in [-0.25, -0.2) is 0 Å². The molecule has 19 heavy (non-hydrogen) atoms. The first-order valence-corrected chi connectivity index (χ1v) is 6.02. The number of rotatable bonds is 2. The predicted octanol–water partition coefficient (Wildman–Crippen LogP) is 1.37. The summed E-state index contributed by atoms with van der Waals surface area (Å²) in [7, 11) is 1.84. The number of nitrogen functional groups attached to an aromatic ring is 1. The van der Waals surface area contributed by atoms with Crippen LogP contribution in [0.1, 0.15) is 5.69 Å². The zero-order valence-electron chi connectivity index (χ0n) is 10.6. The van der Waals surface area contributed by atoms with Gasteiger partial charge in [0.15, 0.2) is 0 Å². The highest BCUT2D eigenvalue weighted by Gasteiger charge is 2.08. The summed E-state index contributed by atoms with van der Waals surface area (Å²) < 4.78 is 3.31. The summed E-state index contributed by atoms with van der Waals surface area (Å²) in [5.74, 6) is 0.463. The minimum Gasteiger partial charge on any atom is -0.385 e. The summed E-state index contributed by atoms with van der Waals surface area (Å²) >= 11 is 0. The fraction of sp³-hybridized carbons (Fsp3) is 0.143. The Bertz CT molecular complexity index is 801. The first kappa shape index (κ1) is 11.5. The number of nitrogens with zero attached hydrogens (tertiary/aromatic N) is 3. The lowest BCUT2D eigenvalue weighted by Gasteiger charge is -2.11. The van der Waals surface area contributed by atoms with Gasteiger partial charge in [-0.1, -0.05) is 18.2 Å². The summed E-state index contributed by atoms with van der Waals surface area (Å²) in [5.41, 5.74) is 6.85. The standard InChI is InChI=1S/C14H14N4O/c1-17-11(6-7-16-17)9-18-13(15)8-10-4-2-3-5-12(10)14(18)19/h2-8H,9,15H2,1H3. The van der Waals surface area contributed by atoms with Gasteiger partial charge in [0.25, 0.3) is 5.56 Å². The molecular weight excluding hydrogens is 240 g/mol. The number of hydrogen-bond acceptors (Lipinski definition) is 3. The van der Waals surface area contributed by atoms with Gasteiger partial charge in [0.05, 0.1) is 12.2 Å². The molecule has 0 saturated carbocycles. The molecule has 0 saturated heterocycles. The van der Waals surface area contributed by atoms with Crippen molar-refractivity contribution >= 4 is 16.6 Å². The van der Waals surface area contributed by atoms with Crippen LogP contribution in [-0.2, 0) is 13.6 Å². The molecule has 0 aliphatic rings. The van der Waals surface area contributed by atoms with Crippen molar-refractivity contribution in [2.45, 2.75) is 6.54 Å². The number of aromatic nitrogens is 3. The molecule has 0 fully saturated rings. The molecule has 0 aliphatic heterocycles. The van der Waals surface area contributed by atoms with Gasteiger partial charge >= 0.3 is 0 Å². The number of aryl methyl sites for hydroxylation is 1. The second-order valence-electron chi connectivity index (χ2n) is 4.49. The molecule has 2 N–H and O–H groups in total. The number of anilines is 1. The van der Waals surface area contributed by atoms with Crippen molar-refractivity contribution in [2.75, 3.05) is 5.73 Å². The highest BCUT2D eigenvalue weighted by Crippen LogP contribution is 2.14. The molecule has 2 aromatic heterocycles. The maximum Gasteiger partial charge on any atom is 0.260 e. The van der Waals surface area contributed by atoms with Crippen molar-refractivity contribution in [3.05, 3.63) is 58.6 Å². The SMILES string of the molecule is Cn1nccc1Cn1c(N)cc2ccccc2c1=O. The second-order valence-corrected chi connectivity index (χ2v) is 4.49. The molecule has 1 aromatic carbocycles. The fourth-order valence-corrected chi connectivity index (χ4v) is 2.20. The van der Waals surface area contributed by atoms with Gasteiger partial charge in [-0.15, -0.1) is 0 Å². The average molecular weight is 254 g/mol. The van der Waals surface area contributed by atoms with E-state index < -0.39 is 0 Å². The Hall–Kier alpha value is -2.56. The van der Waals surface area contributed by atoms with Gasteiger partial charge in [-0.3, -0.25) is 14.0 Å². The number of pyridine rings is 1. The molecule has 2 heterocycles. The first-order valence-electron chi connectivity index (χ1n) is 6.02. The second kappa shape index (κ2) is 4.28. The Labute approximate surface area is 109 Å². The monoisotopic (exact) mass is 254 g/mol. The van der Waals surface area contributed by atoms with Gasteiger partial charge in [0.2, 0.25) is 0 Å². The van der Waals surface area contributed by atoms with Crippen LogP contribution in [0.15, 0.2) is 47.4 Å². The molecule has 96 valence electrons. The highest BCUT2D eigenvalue weighted by molar-refractivity contribution is 5.83. The van der Waals surface area contributed by atoms with Crippen LogP contribution in [0.2, 0.25) is 0 Å². The first-order chi connectivity index (χ1) is 9.16. The molecule has 5 heteroatoms. The third-order valence-electron chi connectivity index (χ3n) is 3.29. The van der Waals surface area contributed by atoms with Crippen molar-refractivity contribution in [1.82, 2.24) is 14.3 Å². The smallest absolute Gasteiger partial charge is 0.260 e. The topological polar surface area (TPSA) is 65.8 Å². The quantitative estimate of drug-likeness (QED) is 0.751. The zero-order valence-corrected chi connectivity index (χ0v) is 10.6. The molecule has 0 amide bonds. The van der Waals surface area contributed by atoms with Crippen LogP contribution in [0.25, 0.3) is 10.8 Å². The number of benzene rings is 1. The molecule has 0 radical (unpaired) electrons. The van der Waals surface area contributed by atoms with E-state index in [0.29, 0.717) is 17.7 Å². The van der Waals surface area contributed by atoms with E-state index in [4.69, 9.17) is 5.73 Å². The molecule has 3 rings (SSSR count). The van der Waals surface area contributed by atoms with E-state index in [2.05, 4.69) is 5.10 Å². The number of hydrogen-bond donors (Lipinski definition) is 1. The maximum absolute atomic E-state index is 12.4. The molecule has 0 aliphatic carbocycles. The van der Waals surface area contributed by atoms with Crippen LogP contribution >= 0.6 is 0 Å². The third-order valence-corrected chi connectivity index (χ3v) is 3.29. The predicted molar refractivity (Wildman–Crippen MR) is 74.9 cm³/mol. The molecule has 5 nitrogen and oxygen atoms in total. The van der Waals surface area contributed by atoms with E-state index in [9.17, 15) is 4.79 Å². The van der Waals surface area contributed by atoms with E-state index in [0.717, 1.165) is 11.1 Å². The largest absolute Gasteiger partial charge is 0.385 e. The molecule has 3 aromatic rings. The molecule has 0 spiro atoms. The zero-order chi connectivity index (χ0) is 13.4. The van der Waals surface area contributed by atoms with E-state index in [1.807, 2.05) is 43.4 Å². The summed E-state index contributed by atoms with van der Waals surface area (Å²) in [5, 5.41) is 5.64. The normalized spacial score (nSPS) is 11.0. The Morgan fingerprint density at radius 1 is 1.26 bits per heavy atom. The number of fused-ring (bicyclic) bond motifs is 1. The van der Waals surface area contributed by atoms with Crippen LogP contribution in [0.3, 0.4) is 0 Å². The Morgan fingerprint density at radius 2 is 2.05 bits per heavy atom. The Balaban J connectivity index is 2.19. The summed E-state index contributed by atoms with van der Waals surface area (Å²) in [6.07, 6.45) is 1.71. The van der Waals surface area contributed by atoms with Crippen molar-refractivity contribution in [2.24, 2.45) is 7.05 Å². The van der Waals surface area contributed by atoms with Gasteiger partial charge in [-0.2, -0.15) is 5.10 Å². The number of nitrogens with two attached hydrogens (primary N) is 1. The summed E-state index contributed by atoms with van der Waals surface area (Å²) in [6, 6.07) is 11.2. The third kappa shape index (κ3) is 1.89. The minimum atomic E-state index is -0.0724. The lowest BCUT2D eigenvalue weighted by molar-refractivity contribution is 0.661. The van der Waals surface area contributed by atoms with E-state index in [1.54, 1.807) is 15.4 Å². The molecule has 0 atom stereocenters. The van der Waals surface area contributed by atoms with Crippen LogP contribution in [0.4, 0.5) is 5.82 Å². The maximum atomic E-state index is 12.4. The summed E-state index contributed by atoms with van der Waals surface area (Å²) in [4.78, 5) is 12.4. The molecule has 0 bridgehead atoms. The van der Waals surface area contributed by atoms with Crippen molar-refractivity contribution in [1.29, 1.82) is 0 Å². The molecule has 0 unspecified atom stereocenters.